The fourth-order valence-corrected chi connectivity index (χ4v) is 2.71. The van der Waals surface area contributed by atoms with Crippen LogP contribution in [0.25, 0.3) is 11.3 Å². The number of anilines is 2. The number of nitrogens with one attached hydrogen (secondary N) is 1. The Morgan fingerprint density at radius 2 is 1.80 bits per heavy atom. The average Bonchev–Trinajstić information content (AvgIpc) is 2.63. The van der Waals surface area contributed by atoms with Crippen molar-refractivity contribution in [1.82, 2.24) is 9.97 Å². The zero-order valence-corrected chi connectivity index (χ0v) is 14.4. The molecule has 2 aromatic carbocycles. The summed E-state index contributed by atoms with van der Waals surface area (Å²) in [6.45, 7) is 0.651. The summed E-state index contributed by atoms with van der Waals surface area (Å²) in [6.07, 6.45) is 0.837. The molecule has 6 heteroatoms. The van der Waals surface area contributed by atoms with Gasteiger partial charge in [-0.3, -0.25) is 0 Å². The average molecular weight is 355 g/mol. The fraction of sp³-hybridized carbons (Fsp3) is 0.158. The molecule has 0 amide bonds. The predicted octanol–water partition coefficient (Wildman–Crippen LogP) is 3.53. The van der Waals surface area contributed by atoms with Crippen LogP contribution in [-0.2, 0) is 13.0 Å². The van der Waals surface area contributed by atoms with Crippen molar-refractivity contribution in [1.29, 1.82) is 0 Å². The third-order valence-electron chi connectivity index (χ3n) is 3.84. The number of nitrogens with zero attached hydrogens (tertiary/aromatic N) is 2. The van der Waals surface area contributed by atoms with Gasteiger partial charge in [-0.15, -0.1) is 0 Å². The number of hydrogen-bond donors (Lipinski definition) is 3. The quantitative estimate of drug-likeness (QED) is 0.630. The van der Waals surface area contributed by atoms with Crippen molar-refractivity contribution >= 4 is 23.4 Å². The van der Waals surface area contributed by atoms with E-state index < -0.39 is 0 Å². The highest BCUT2D eigenvalue weighted by atomic mass is 35.5. The molecule has 0 spiro atoms. The van der Waals surface area contributed by atoms with Gasteiger partial charge in [-0.05, 0) is 29.7 Å². The standard InChI is InChI=1S/C19H19ClN4O/c20-15-7-5-13(6-8-15)9-10-22-18-11-17(23-19(21)24-18)16-4-2-1-3-14(16)12-25/h1-8,11,25H,9-10,12H2,(H3,21,22,23,24). The Bertz CT molecular complexity index is 852. The van der Waals surface area contributed by atoms with Gasteiger partial charge in [0.2, 0.25) is 5.95 Å². The SMILES string of the molecule is Nc1nc(NCCc2ccc(Cl)cc2)cc(-c2ccccc2CO)n1. The van der Waals surface area contributed by atoms with Crippen LogP contribution in [0.3, 0.4) is 0 Å². The Morgan fingerprint density at radius 1 is 1.04 bits per heavy atom. The topological polar surface area (TPSA) is 84.1 Å². The van der Waals surface area contributed by atoms with E-state index in [1.54, 1.807) is 0 Å². The van der Waals surface area contributed by atoms with Crippen molar-refractivity contribution in [2.45, 2.75) is 13.0 Å². The minimum Gasteiger partial charge on any atom is -0.392 e. The maximum absolute atomic E-state index is 9.51. The van der Waals surface area contributed by atoms with Crippen molar-refractivity contribution in [3.8, 4) is 11.3 Å². The van der Waals surface area contributed by atoms with Crippen LogP contribution in [0, 0.1) is 0 Å². The molecule has 0 unspecified atom stereocenters. The Balaban J connectivity index is 1.74. The highest BCUT2D eigenvalue weighted by Gasteiger charge is 2.08. The van der Waals surface area contributed by atoms with Crippen molar-refractivity contribution in [2.75, 3.05) is 17.6 Å². The second-order valence-corrected chi connectivity index (χ2v) is 6.05. The number of nitrogens with two attached hydrogens (primary N) is 1. The number of halogens is 1. The first-order valence-electron chi connectivity index (χ1n) is 7.98. The van der Waals surface area contributed by atoms with Crippen LogP contribution in [0.4, 0.5) is 11.8 Å². The molecule has 0 aliphatic carbocycles. The predicted molar refractivity (Wildman–Crippen MR) is 101 cm³/mol. The second kappa shape index (κ2) is 7.96. The molecule has 0 atom stereocenters. The number of benzene rings is 2. The monoisotopic (exact) mass is 354 g/mol. The molecular weight excluding hydrogens is 336 g/mol. The van der Waals surface area contributed by atoms with Gasteiger partial charge in [0.1, 0.15) is 5.82 Å². The maximum atomic E-state index is 9.51. The first-order chi connectivity index (χ1) is 12.2. The Morgan fingerprint density at radius 3 is 2.56 bits per heavy atom. The van der Waals surface area contributed by atoms with Crippen LogP contribution >= 0.6 is 11.6 Å². The van der Waals surface area contributed by atoms with Crippen molar-refractivity contribution in [3.63, 3.8) is 0 Å². The third kappa shape index (κ3) is 4.47. The normalized spacial score (nSPS) is 10.6. The first kappa shape index (κ1) is 17.2. The molecule has 0 saturated heterocycles. The van der Waals surface area contributed by atoms with Gasteiger partial charge in [0.05, 0.1) is 12.3 Å². The van der Waals surface area contributed by atoms with Gasteiger partial charge in [0.15, 0.2) is 0 Å². The highest BCUT2D eigenvalue weighted by Crippen LogP contribution is 2.24. The summed E-state index contributed by atoms with van der Waals surface area (Å²) < 4.78 is 0. The molecule has 3 rings (SSSR count). The highest BCUT2D eigenvalue weighted by molar-refractivity contribution is 6.30. The minimum atomic E-state index is -0.0561. The van der Waals surface area contributed by atoms with Crippen LogP contribution in [-0.4, -0.2) is 21.6 Å². The van der Waals surface area contributed by atoms with Crippen molar-refractivity contribution in [3.05, 3.63) is 70.7 Å². The van der Waals surface area contributed by atoms with Crippen LogP contribution < -0.4 is 11.1 Å². The van der Waals surface area contributed by atoms with Crippen LogP contribution in [0.1, 0.15) is 11.1 Å². The lowest BCUT2D eigenvalue weighted by molar-refractivity contribution is 0.282. The van der Waals surface area contributed by atoms with Crippen LogP contribution in [0.5, 0.6) is 0 Å². The molecule has 4 N–H and O–H groups in total. The number of hydrogen-bond acceptors (Lipinski definition) is 5. The molecule has 3 aromatic rings. The largest absolute Gasteiger partial charge is 0.392 e. The van der Waals surface area contributed by atoms with E-state index in [0.29, 0.717) is 18.1 Å². The Labute approximate surface area is 151 Å². The lowest BCUT2D eigenvalue weighted by atomic mass is 10.0. The summed E-state index contributed by atoms with van der Waals surface area (Å²) >= 11 is 5.90. The molecule has 25 heavy (non-hydrogen) atoms. The lowest BCUT2D eigenvalue weighted by Gasteiger charge is -2.11. The molecule has 0 radical (unpaired) electrons. The van der Waals surface area contributed by atoms with E-state index in [2.05, 4.69) is 15.3 Å². The van der Waals surface area contributed by atoms with E-state index in [1.165, 1.54) is 5.56 Å². The molecule has 1 heterocycles. The van der Waals surface area contributed by atoms with E-state index in [0.717, 1.165) is 22.6 Å². The van der Waals surface area contributed by atoms with Gasteiger partial charge in [-0.25, -0.2) is 4.98 Å². The van der Waals surface area contributed by atoms with Gasteiger partial charge in [0, 0.05) is 23.2 Å². The number of aliphatic hydroxyl groups is 1. The van der Waals surface area contributed by atoms with E-state index in [9.17, 15) is 5.11 Å². The summed E-state index contributed by atoms with van der Waals surface area (Å²) in [7, 11) is 0. The molecule has 0 fully saturated rings. The Hall–Kier alpha value is -2.63. The van der Waals surface area contributed by atoms with Gasteiger partial charge >= 0.3 is 0 Å². The van der Waals surface area contributed by atoms with Crippen molar-refractivity contribution < 1.29 is 5.11 Å². The molecule has 128 valence electrons. The lowest BCUT2D eigenvalue weighted by Crippen LogP contribution is -2.08. The third-order valence-corrected chi connectivity index (χ3v) is 4.09. The van der Waals surface area contributed by atoms with Crippen molar-refractivity contribution in [2.24, 2.45) is 0 Å². The number of nitrogen functional groups attached to an aromatic ring is 1. The smallest absolute Gasteiger partial charge is 0.222 e. The summed E-state index contributed by atoms with van der Waals surface area (Å²) in [5.41, 5.74) is 9.37. The van der Waals surface area contributed by atoms with Gasteiger partial charge in [-0.2, -0.15) is 4.98 Å². The number of rotatable bonds is 6. The molecular formula is C19H19ClN4O. The maximum Gasteiger partial charge on any atom is 0.222 e. The van der Waals surface area contributed by atoms with E-state index in [1.807, 2.05) is 54.6 Å². The van der Waals surface area contributed by atoms with Gasteiger partial charge < -0.3 is 16.2 Å². The first-order valence-corrected chi connectivity index (χ1v) is 8.35. The summed E-state index contributed by atoms with van der Waals surface area (Å²) in [6, 6.07) is 17.2. The molecule has 0 aliphatic heterocycles. The molecule has 1 aromatic heterocycles. The van der Waals surface area contributed by atoms with E-state index >= 15 is 0 Å². The summed E-state index contributed by atoms with van der Waals surface area (Å²) in [4.78, 5) is 8.52. The van der Waals surface area contributed by atoms with E-state index in [-0.39, 0.29) is 12.6 Å². The minimum absolute atomic E-state index is 0.0561. The zero-order chi connectivity index (χ0) is 17.6. The Kier molecular flexibility index (Phi) is 5.48. The van der Waals surface area contributed by atoms with Crippen LogP contribution in [0.15, 0.2) is 54.6 Å². The van der Waals surface area contributed by atoms with E-state index in [4.69, 9.17) is 17.3 Å². The fourth-order valence-electron chi connectivity index (χ4n) is 2.59. The summed E-state index contributed by atoms with van der Waals surface area (Å²) in [5, 5.41) is 13.5. The molecule has 0 bridgehead atoms. The number of aliphatic hydroxyl groups excluding tert-OH is 1. The van der Waals surface area contributed by atoms with Gasteiger partial charge in [0.25, 0.3) is 0 Å². The number of aromatic nitrogens is 2. The summed E-state index contributed by atoms with van der Waals surface area (Å²) in [5.74, 6) is 0.850. The van der Waals surface area contributed by atoms with Gasteiger partial charge in [-0.1, -0.05) is 48.0 Å². The molecule has 0 saturated carbocycles. The molecule has 0 aliphatic rings. The van der Waals surface area contributed by atoms with Crippen LogP contribution in [0.2, 0.25) is 5.02 Å². The molecule has 5 nitrogen and oxygen atoms in total. The zero-order valence-electron chi connectivity index (χ0n) is 13.6. The second-order valence-electron chi connectivity index (χ2n) is 5.62.